The van der Waals surface area contributed by atoms with Crippen LogP contribution < -0.4 is 0 Å². The highest BCUT2D eigenvalue weighted by molar-refractivity contribution is 5.84. The Morgan fingerprint density at radius 2 is 1.80 bits per heavy atom. The van der Waals surface area contributed by atoms with E-state index in [1.807, 2.05) is 19.1 Å². The molecule has 0 nitrogen and oxygen atoms in total. The van der Waals surface area contributed by atoms with E-state index in [-0.39, 0.29) is 5.82 Å². The van der Waals surface area contributed by atoms with E-state index in [4.69, 9.17) is 0 Å². The first-order valence-corrected chi connectivity index (χ1v) is 9.68. The molecule has 1 aliphatic rings. The summed E-state index contributed by atoms with van der Waals surface area (Å²) in [6.07, 6.45) is 15.3. The number of allylic oxidation sites excluding steroid dienone is 4. The molecule has 2 aromatic carbocycles. The lowest BCUT2D eigenvalue weighted by Crippen LogP contribution is -2.13. The van der Waals surface area contributed by atoms with Crippen LogP contribution in [0.3, 0.4) is 0 Å². The Bertz CT molecular complexity index is 761. The number of aryl methyl sites for hydroxylation is 1. The van der Waals surface area contributed by atoms with Gasteiger partial charge in [-0.25, -0.2) is 4.39 Å². The molecule has 0 amide bonds. The third-order valence-electron chi connectivity index (χ3n) is 5.56. The molecule has 0 aromatic heterocycles. The number of hydrogen-bond acceptors (Lipinski definition) is 0. The molecule has 0 bridgehead atoms. The van der Waals surface area contributed by atoms with Crippen LogP contribution >= 0.6 is 0 Å². The van der Waals surface area contributed by atoms with Crippen LogP contribution in [-0.2, 0) is 6.42 Å². The van der Waals surface area contributed by atoms with Crippen LogP contribution in [0.1, 0.15) is 63.0 Å². The van der Waals surface area contributed by atoms with Gasteiger partial charge < -0.3 is 0 Å². The highest BCUT2D eigenvalue weighted by Gasteiger charge is 2.23. The van der Waals surface area contributed by atoms with E-state index in [1.54, 1.807) is 0 Å². The second-order valence-electron chi connectivity index (χ2n) is 7.27. The molecule has 1 saturated carbocycles. The van der Waals surface area contributed by atoms with Crippen LogP contribution in [0.5, 0.6) is 0 Å². The van der Waals surface area contributed by atoms with Crippen molar-refractivity contribution < 1.29 is 4.39 Å². The van der Waals surface area contributed by atoms with Crippen molar-refractivity contribution in [3.05, 3.63) is 71.6 Å². The van der Waals surface area contributed by atoms with Gasteiger partial charge in [0.1, 0.15) is 5.82 Å². The molecule has 1 fully saturated rings. The fourth-order valence-corrected chi connectivity index (χ4v) is 4.14. The van der Waals surface area contributed by atoms with E-state index in [0.29, 0.717) is 11.8 Å². The largest absolute Gasteiger partial charge is 0.206 e. The molecule has 0 atom stereocenters. The highest BCUT2D eigenvalue weighted by atomic mass is 19.1. The van der Waals surface area contributed by atoms with Crippen LogP contribution in [0.2, 0.25) is 0 Å². The van der Waals surface area contributed by atoms with Gasteiger partial charge in [0.2, 0.25) is 0 Å². The third kappa shape index (κ3) is 4.21. The maximum absolute atomic E-state index is 15.1. The van der Waals surface area contributed by atoms with Gasteiger partial charge in [-0.05, 0) is 80.7 Å². The molecular formula is C24H29F. The number of hydrogen-bond donors (Lipinski definition) is 0. The molecule has 0 aliphatic heterocycles. The minimum atomic E-state index is 0.00647. The molecule has 0 unspecified atom stereocenters. The molecule has 0 saturated heterocycles. The van der Waals surface area contributed by atoms with Crippen molar-refractivity contribution in [1.82, 2.24) is 0 Å². The molecular weight excluding hydrogens is 307 g/mol. The summed E-state index contributed by atoms with van der Waals surface area (Å²) in [5.74, 6) is 1.07. The minimum absolute atomic E-state index is 0.00647. The Kier molecular flexibility index (Phi) is 6.07. The standard InChI is InChI=1S/C24H29F/c1-3-5-6-8-19-11-15-23-21(17-19)14-16-22(24(23)25)20-12-9-18(7-4-2)10-13-20/h3-5,7,11,14-18,20H,6,8-10,12-13H2,1-2H3/b5-3+,7-4+. The first-order valence-electron chi connectivity index (χ1n) is 9.68. The minimum Gasteiger partial charge on any atom is -0.206 e. The van der Waals surface area contributed by atoms with E-state index < -0.39 is 0 Å². The predicted molar refractivity (Wildman–Crippen MR) is 107 cm³/mol. The maximum atomic E-state index is 15.1. The Morgan fingerprint density at radius 1 is 1.00 bits per heavy atom. The summed E-state index contributed by atoms with van der Waals surface area (Å²) in [6, 6.07) is 10.4. The zero-order valence-corrected chi connectivity index (χ0v) is 15.5. The van der Waals surface area contributed by atoms with Crippen LogP contribution in [0, 0.1) is 11.7 Å². The third-order valence-corrected chi connectivity index (χ3v) is 5.56. The second kappa shape index (κ2) is 8.47. The Balaban J connectivity index is 1.79. The van der Waals surface area contributed by atoms with E-state index in [0.717, 1.165) is 42.0 Å². The summed E-state index contributed by atoms with van der Waals surface area (Å²) >= 11 is 0. The van der Waals surface area contributed by atoms with Gasteiger partial charge in [0.15, 0.2) is 0 Å². The number of halogens is 1. The number of benzene rings is 2. The van der Waals surface area contributed by atoms with Gasteiger partial charge in [-0.15, -0.1) is 0 Å². The van der Waals surface area contributed by atoms with Crippen molar-refractivity contribution in [1.29, 1.82) is 0 Å². The quantitative estimate of drug-likeness (QED) is 0.501. The molecule has 25 heavy (non-hydrogen) atoms. The normalized spacial score (nSPS) is 21.6. The molecule has 1 aliphatic carbocycles. The van der Waals surface area contributed by atoms with Crippen molar-refractivity contribution in [3.63, 3.8) is 0 Å². The number of fused-ring (bicyclic) bond motifs is 1. The fraction of sp³-hybridized carbons (Fsp3) is 0.417. The van der Waals surface area contributed by atoms with Crippen LogP contribution in [-0.4, -0.2) is 0 Å². The monoisotopic (exact) mass is 336 g/mol. The fourth-order valence-electron chi connectivity index (χ4n) is 4.14. The topological polar surface area (TPSA) is 0 Å². The van der Waals surface area contributed by atoms with E-state index >= 15 is 4.39 Å². The van der Waals surface area contributed by atoms with Crippen molar-refractivity contribution >= 4 is 10.8 Å². The van der Waals surface area contributed by atoms with E-state index in [1.165, 1.54) is 18.4 Å². The van der Waals surface area contributed by atoms with Gasteiger partial charge >= 0.3 is 0 Å². The van der Waals surface area contributed by atoms with Gasteiger partial charge in [-0.3, -0.25) is 0 Å². The Morgan fingerprint density at radius 3 is 2.52 bits per heavy atom. The lowest BCUT2D eigenvalue weighted by molar-refractivity contribution is 0.369. The van der Waals surface area contributed by atoms with Crippen molar-refractivity contribution in [2.75, 3.05) is 0 Å². The Labute approximate surface area is 151 Å². The molecule has 0 heterocycles. The first-order chi connectivity index (χ1) is 12.2. The first kappa shape index (κ1) is 17.9. The van der Waals surface area contributed by atoms with E-state index in [2.05, 4.69) is 49.4 Å². The van der Waals surface area contributed by atoms with Gasteiger partial charge in [0.05, 0.1) is 0 Å². The van der Waals surface area contributed by atoms with Crippen molar-refractivity contribution in [3.8, 4) is 0 Å². The summed E-state index contributed by atoms with van der Waals surface area (Å²) in [5.41, 5.74) is 2.21. The lowest BCUT2D eigenvalue weighted by atomic mass is 9.78. The zero-order chi connectivity index (χ0) is 17.6. The average Bonchev–Trinajstić information content (AvgIpc) is 2.63. The lowest BCUT2D eigenvalue weighted by Gasteiger charge is -2.27. The smallest absolute Gasteiger partial charge is 0.134 e. The summed E-state index contributed by atoms with van der Waals surface area (Å²) in [6.45, 7) is 4.13. The van der Waals surface area contributed by atoms with Crippen LogP contribution in [0.15, 0.2) is 54.6 Å². The van der Waals surface area contributed by atoms with Gasteiger partial charge in [-0.2, -0.15) is 0 Å². The van der Waals surface area contributed by atoms with Gasteiger partial charge in [-0.1, -0.05) is 54.6 Å². The molecule has 0 N–H and O–H groups in total. The second-order valence-corrected chi connectivity index (χ2v) is 7.27. The van der Waals surface area contributed by atoms with Crippen molar-refractivity contribution in [2.45, 2.75) is 58.3 Å². The SMILES string of the molecule is C/C=C/CCc1ccc2c(F)c(C3CCC(/C=C/C)CC3)ccc2c1. The van der Waals surface area contributed by atoms with Crippen LogP contribution in [0.25, 0.3) is 10.8 Å². The molecule has 1 heteroatoms. The van der Waals surface area contributed by atoms with Gasteiger partial charge in [0.25, 0.3) is 0 Å². The summed E-state index contributed by atoms with van der Waals surface area (Å²) < 4.78 is 15.1. The Hall–Kier alpha value is -1.89. The maximum Gasteiger partial charge on any atom is 0.134 e. The highest BCUT2D eigenvalue weighted by Crippen LogP contribution is 2.38. The van der Waals surface area contributed by atoms with E-state index in [9.17, 15) is 0 Å². The molecule has 2 aromatic rings. The average molecular weight is 336 g/mol. The van der Waals surface area contributed by atoms with Gasteiger partial charge in [0, 0.05) is 5.39 Å². The number of rotatable bonds is 5. The van der Waals surface area contributed by atoms with Crippen LogP contribution in [0.4, 0.5) is 4.39 Å². The molecule has 132 valence electrons. The molecule has 3 rings (SSSR count). The molecule has 0 spiro atoms. The van der Waals surface area contributed by atoms with Crippen molar-refractivity contribution in [2.24, 2.45) is 5.92 Å². The summed E-state index contributed by atoms with van der Waals surface area (Å²) in [4.78, 5) is 0. The summed E-state index contributed by atoms with van der Waals surface area (Å²) in [5, 5.41) is 1.81. The zero-order valence-electron chi connectivity index (χ0n) is 15.5. The molecule has 0 radical (unpaired) electrons. The predicted octanol–water partition coefficient (Wildman–Crippen LogP) is 7.34. The summed E-state index contributed by atoms with van der Waals surface area (Å²) in [7, 11) is 0.